The van der Waals surface area contributed by atoms with Gasteiger partial charge in [0.05, 0.1) is 11.0 Å². The lowest BCUT2D eigenvalue weighted by Gasteiger charge is -2.11. The predicted molar refractivity (Wildman–Crippen MR) is 77.7 cm³/mol. The number of carbonyl (C=O) groups excluding carboxylic acids is 1. The standard InChI is InChI=1S/C12H15BrN2O3S/c13-9-4-8(5-10(14)6-9)12(16)15-7-11-2-1-3-19(11,17)18/h4-6,11H,1-3,7,14H2,(H,15,16). The van der Waals surface area contributed by atoms with E-state index in [9.17, 15) is 13.2 Å². The van der Waals surface area contributed by atoms with Crippen LogP contribution in [0.3, 0.4) is 0 Å². The minimum absolute atomic E-state index is 0.160. The first kappa shape index (κ1) is 14.3. The summed E-state index contributed by atoms with van der Waals surface area (Å²) < 4.78 is 24.0. The van der Waals surface area contributed by atoms with Gasteiger partial charge in [0.1, 0.15) is 0 Å². The van der Waals surface area contributed by atoms with Gasteiger partial charge in [0.2, 0.25) is 0 Å². The summed E-state index contributed by atoms with van der Waals surface area (Å²) in [5.41, 5.74) is 6.55. The van der Waals surface area contributed by atoms with Crippen molar-refractivity contribution in [3.8, 4) is 0 Å². The summed E-state index contributed by atoms with van der Waals surface area (Å²) in [5, 5.41) is 2.20. The number of anilines is 1. The second-order valence-electron chi connectivity index (χ2n) is 4.61. The molecule has 3 N–H and O–H groups in total. The Kier molecular flexibility index (Phi) is 4.15. The van der Waals surface area contributed by atoms with Gasteiger partial charge in [-0.25, -0.2) is 8.42 Å². The van der Waals surface area contributed by atoms with Crippen molar-refractivity contribution in [1.29, 1.82) is 0 Å². The molecule has 1 unspecified atom stereocenters. The summed E-state index contributed by atoms with van der Waals surface area (Å²) in [7, 11) is -3.03. The molecule has 1 fully saturated rings. The summed E-state index contributed by atoms with van der Waals surface area (Å²) in [6, 6.07) is 4.90. The van der Waals surface area contributed by atoms with Gasteiger partial charge in [-0.1, -0.05) is 15.9 Å². The molecule has 0 saturated carbocycles. The number of hydrogen-bond acceptors (Lipinski definition) is 4. The molecule has 0 aliphatic carbocycles. The van der Waals surface area contributed by atoms with E-state index in [1.165, 1.54) is 0 Å². The van der Waals surface area contributed by atoms with Crippen LogP contribution in [0, 0.1) is 0 Å². The van der Waals surface area contributed by atoms with Crippen LogP contribution in [0.5, 0.6) is 0 Å². The molecule has 7 heteroatoms. The highest BCUT2D eigenvalue weighted by Gasteiger charge is 2.31. The van der Waals surface area contributed by atoms with Crippen LogP contribution >= 0.6 is 15.9 Å². The highest BCUT2D eigenvalue weighted by Crippen LogP contribution is 2.20. The van der Waals surface area contributed by atoms with Gasteiger partial charge in [-0.2, -0.15) is 0 Å². The summed E-state index contributed by atoms with van der Waals surface area (Å²) in [4.78, 5) is 11.9. The molecule has 1 saturated heterocycles. The number of hydrogen-bond donors (Lipinski definition) is 2. The molecule has 0 aromatic heterocycles. The number of rotatable bonds is 3. The van der Waals surface area contributed by atoms with Crippen molar-refractivity contribution in [2.75, 3.05) is 18.0 Å². The zero-order valence-electron chi connectivity index (χ0n) is 10.2. The van der Waals surface area contributed by atoms with Crippen molar-refractivity contribution in [2.45, 2.75) is 18.1 Å². The number of sulfone groups is 1. The Bertz CT molecular complexity index is 581. The van der Waals surface area contributed by atoms with E-state index in [1.54, 1.807) is 18.2 Å². The fourth-order valence-electron chi connectivity index (χ4n) is 2.14. The van der Waals surface area contributed by atoms with Crippen LogP contribution in [-0.4, -0.2) is 31.9 Å². The molecule has 1 aromatic carbocycles. The van der Waals surface area contributed by atoms with Gasteiger partial charge in [-0.15, -0.1) is 0 Å². The number of carbonyl (C=O) groups is 1. The first-order valence-electron chi connectivity index (χ1n) is 5.94. The third-order valence-electron chi connectivity index (χ3n) is 3.14. The maximum absolute atomic E-state index is 11.9. The van der Waals surface area contributed by atoms with Gasteiger partial charge in [0.15, 0.2) is 9.84 Å². The third-order valence-corrected chi connectivity index (χ3v) is 5.87. The van der Waals surface area contributed by atoms with Crippen molar-refractivity contribution >= 4 is 37.4 Å². The van der Waals surface area contributed by atoms with E-state index in [-0.39, 0.29) is 18.2 Å². The number of benzene rings is 1. The SMILES string of the molecule is Nc1cc(Br)cc(C(=O)NCC2CCCS2(=O)=O)c1. The van der Waals surface area contributed by atoms with Gasteiger partial charge in [0.25, 0.3) is 5.91 Å². The summed E-state index contributed by atoms with van der Waals surface area (Å²) in [5.74, 6) is -0.0905. The average molecular weight is 347 g/mol. The van der Waals surface area contributed by atoms with Gasteiger partial charge >= 0.3 is 0 Å². The molecule has 19 heavy (non-hydrogen) atoms. The molecular formula is C12H15BrN2O3S. The Morgan fingerprint density at radius 3 is 2.74 bits per heavy atom. The third kappa shape index (κ3) is 3.48. The minimum Gasteiger partial charge on any atom is -0.399 e. The predicted octanol–water partition coefficient (Wildman–Crippen LogP) is 1.34. The maximum Gasteiger partial charge on any atom is 0.251 e. The fourth-order valence-corrected chi connectivity index (χ4v) is 4.42. The molecule has 1 aliphatic heterocycles. The average Bonchev–Trinajstić information content (AvgIpc) is 2.64. The minimum atomic E-state index is -3.03. The largest absolute Gasteiger partial charge is 0.399 e. The van der Waals surface area contributed by atoms with Crippen LogP contribution in [-0.2, 0) is 9.84 Å². The Morgan fingerprint density at radius 1 is 1.42 bits per heavy atom. The number of nitrogens with two attached hydrogens (primary N) is 1. The van der Waals surface area contributed by atoms with Gasteiger partial charge in [-0.3, -0.25) is 4.79 Å². The zero-order valence-corrected chi connectivity index (χ0v) is 12.6. The molecule has 5 nitrogen and oxygen atoms in total. The van der Waals surface area contributed by atoms with Crippen molar-refractivity contribution in [3.63, 3.8) is 0 Å². The van der Waals surface area contributed by atoms with E-state index in [2.05, 4.69) is 21.2 Å². The van der Waals surface area contributed by atoms with Crippen LogP contribution in [0.1, 0.15) is 23.2 Å². The number of halogens is 1. The van der Waals surface area contributed by atoms with E-state index in [0.29, 0.717) is 28.6 Å². The normalized spacial score (nSPS) is 21.2. The molecule has 0 radical (unpaired) electrons. The highest BCUT2D eigenvalue weighted by atomic mass is 79.9. The van der Waals surface area contributed by atoms with Crippen LogP contribution in [0.2, 0.25) is 0 Å². The van der Waals surface area contributed by atoms with E-state index < -0.39 is 15.1 Å². The Hall–Kier alpha value is -1.08. The Labute approximate surface area is 120 Å². The van der Waals surface area contributed by atoms with Crippen molar-refractivity contribution in [3.05, 3.63) is 28.2 Å². The molecule has 1 atom stereocenters. The number of amides is 1. The lowest BCUT2D eigenvalue weighted by atomic mass is 10.2. The van der Waals surface area contributed by atoms with E-state index in [1.807, 2.05) is 0 Å². The molecule has 0 bridgehead atoms. The topological polar surface area (TPSA) is 89.3 Å². The molecule has 2 rings (SSSR count). The van der Waals surface area contributed by atoms with Crippen LogP contribution in [0.15, 0.2) is 22.7 Å². The van der Waals surface area contributed by atoms with Crippen molar-refractivity contribution in [1.82, 2.24) is 5.32 Å². The first-order chi connectivity index (χ1) is 8.88. The van der Waals surface area contributed by atoms with E-state index >= 15 is 0 Å². The monoisotopic (exact) mass is 346 g/mol. The second kappa shape index (κ2) is 5.50. The van der Waals surface area contributed by atoms with Gasteiger partial charge in [-0.05, 0) is 31.0 Å². The molecule has 0 spiro atoms. The zero-order chi connectivity index (χ0) is 14.0. The second-order valence-corrected chi connectivity index (χ2v) is 7.93. The number of nitrogen functional groups attached to an aromatic ring is 1. The molecule has 1 aromatic rings. The quantitative estimate of drug-likeness (QED) is 0.808. The smallest absolute Gasteiger partial charge is 0.251 e. The first-order valence-corrected chi connectivity index (χ1v) is 8.45. The van der Waals surface area contributed by atoms with Crippen molar-refractivity contribution < 1.29 is 13.2 Å². The maximum atomic E-state index is 11.9. The summed E-state index contributed by atoms with van der Waals surface area (Å²) >= 11 is 3.26. The molecule has 104 valence electrons. The van der Waals surface area contributed by atoms with Crippen LogP contribution in [0.25, 0.3) is 0 Å². The Balaban J connectivity index is 2.02. The lowest BCUT2D eigenvalue weighted by Crippen LogP contribution is -2.34. The van der Waals surface area contributed by atoms with E-state index in [0.717, 1.165) is 0 Å². The molecular weight excluding hydrogens is 332 g/mol. The van der Waals surface area contributed by atoms with Crippen molar-refractivity contribution in [2.24, 2.45) is 0 Å². The summed E-state index contributed by atoms with van der Waals surface area (Å²) in [6.45, 7) is 0.160. The number of nitrogens with one attached hydrogen (secondary N) is 1. The molecule has 1 heterocycles. The lowest BCUT2D eigenvalue weighted by molar-refractivity contribution is 0.0953. The van der Waals surface area contributed by atoms with Gasteiger partial charge < -0.3 is 11.1 Å². The van der Waals surface area contributed by atoms with Gasteiger partial charge in [0, 0.05) is 22.3 Å². The summed E-state index contributed by atoms with van der Waals surface area (Å²) in [6.07, 6.45) is 1.29. The van der Waals surface area contributed by atoms with E-state index in [4.69, 9.17) is 5.73 Å². The molecule has 1 amide bonds. The van der Waals surface area contributed by atoms with Crippen LogP contribution < -0.4 is 11.1 Å². The van der Waals surface area contributed by atoms with Crippen LogP contribution in [0.4, 0.5) is 5.69 Å². The fraction of sp³-hybridized carbons (Fsp3) is 0.417. The molecule has 1 aliphatic rings. The Morgan fingerprint density at radius 2 is 2.16 bits per heavy atom. The highest BCUT2D eigenvalue weighted by molar-refractivity contribution is 9.10.